The van der Waals surface area contributed by atoms with Gasteiger partial charge < -0.3 is 14.6 Å². The summed E-state index contributed by atoms with van der Waals surface area (Å²) in [5, 5.41) is 8.52. The van der Waals surface area contributed by atoms with E-state index >= 15 is 0 Å². The number of esters is 1. The lowest BCUT2D eigenvalue weighted by Gasteiger charge is -1.88. The number of Topliss-reactive ketones (excluding diaryl/α,β-unsaturated/α-hetero) is 1. The summed E-state index contributed by atoms with van der Waals surface area (Å²) in [5.74, 6) is -0.231. The number of hydrogen-bond acceptors (Lipinski definition) is 4. The van der Waals surface area contributed by atoms with E-state index in [0.717, 1.165) is 0 Å². The van der Waals surface area contributed by atoms with Crippen molar-refractivity contribution in [3.63, 3.8) is 0 Å². The van der Waals surface area contributed by atoms with Gasteiger partial charge in [-0.05, 0) is 6.92 Å². The molecule has 1 fully saturated rings. The number of carbonyl (C=O) groups is 2. The van der Waals surface area contributed by atoms with Crippen molar-refractivity contribution < 1.29 is 19.4 Å². The van der Waals surface area contributed by atoms with Crippen LogP contribution >= 0.6 is 0 Å². The Morgan fingerprint density at radius 1 is 1.75 bits per heavy atom. The summed E-state index contributed by atoms with van der Waals surface area (Å²) < 4.78 is 4.38. The van der Waals surface area contributed by atoms with Gasteiger partial charge in [-0.3, -0.25) is 0 Å². The molecule has 0 aliphatic carbocycles. The Bertz CT molecular complexity index is 164. The van der Waals surface area contributed by atoms with E-state index in [2.05, 4.69) is 4.74 Å². The number of hydrogen-bond donors (Lipinski definition) is 1. The van der Waals surface area contributed by atoms with Crippen LogP contribution in [0.15, 0.2) is 0 Å². The summed E-state index contributed by atoms with van der Waals surface area (Å²) in [6.45, 7) is 3.81. The van der Waals surface area contributed by atoms with Crippen LogP contribution < -0.4 is 0 Å². The van der Waals surface area contributed by atoms with Gasteiger partial charge in [0.05, 0.1) is 6.61 Å². The van der Waals surface area contributed by atoms with E-state index in [0.29, 0.717) is 19.4 Å². The summed E-state index contributed by atoms with van der Waals surface area (Å²) in [4.78, 5) is 19.9. The minimum Gasteiger partial charge on any atom is -0.464 e. The molecule has 0 bridgehead atoms. The molecular formula is C8H14O4. The van der Waals surface area contributed by atoms with Crippen molar-refractivity contribution in [3.05, 3.63) is 0 Å². The highest BCUT2D eigenvalue weighted by molar-refractivity contribution is 5.75. The molecule has 70 valence electrons. The molecule has 1 atom stereocenters. The van der Waals surface area contributed by atoms with E-state index in [-0.39, 0.29) is 5.78 Å². The minimum absolute atomic E-state index is 0.255. The second kappa shape index (κ2) is 5.71. The zero-order chi connectivity index (χ0) is 9.56. The first-order chi connectivity index (χ1) is 5.57. The van der Waals surface area contributed by atoms with Crippen LogP contribution in [0.1, 0.15) is 26.7 Å². The van der Waals surface area contributed by atoms with E-state index in [1.807, 2.05) is 6.92 Å². The molecule has 0 spiro atoms. The maximum atomic E-state index is 10.1. The third-order valence-electron chi connectivity index (χ3n) is 1.41. The lowest BCUT2D eigenvalue weighted by atomic mass is 10.3. The quantitative estimate of drug-likeness (QED) is 0.580. The molecule has 4 heteroatoms. The zero-order valence-corrected chi connectivity index (χ0v) is 7.37. The van der Waals surface area contributed by atoms with E-state index in [9.17, 15) is 9.59 Å². The Hall–Kier alpha value is -0.900. The number of rotatable bonds is 1. The Morgan fingerprint density at radius 3 is 2.33 bits per heavy atom. The van der Waals surface area contributed by atoms with Gasteiger partial charge in [0.15, 0.2) is 6.10 Å². The van der Waals surface area contributed by atoms with E-state index in [1.54, 1.807) is 6.92 Å². The van der Waals surface area contributed by atoms with Crippen molar-refractivity contribution in [3.8, 4) is 0 Å². The van der Waals surface area contributed by atoms with Crippen molar-refractivity contribution in [2.24, 2.45) is 0 Å². The fraction of sp³-hybridized carbons (Fsp3) is 0.750. The van der Waals surface area contributed by atoms with Crippen LogP contribution in [-0.2, 0) is 14.3 Å². The normalized spacial score (nSPS) is 20.9. The summed E-state index contributed by atoms with van der Waals surface area (Å²) in [6.07, 6.45) is 0.277. The van der Waals surface area contributed by atoms with Gasteiger partial charge in [-0.2, -0.15) is 0 Å². The highest BCUT2D eigenvalue weighted by atomic mass is 16.6. The monoisotopic (exact) mass is 174 g/mol. The number of cyclic esters (lactones) is 1. The molecule has 1 heterocycles. The van der Waals surface area contributed by atoms with Crippen LogP contribution in [0.3, 0.4) is 0 Å². The molecule has 0 radical (unpaired) electrons. The summed E-state index contributed by atoms with van der Waals surface area (Å²) >= 11 is 0. The average molecular weight is 174 g/mol. The molecule has 1 aliphatic heterocycles. The number of aliphatic hydroxyl groups is 1. The van der Waals surface area contributed by atoms with Gasteiger partial charge in [-0.25, -0.2) is 4.79 Å². The summed E-state index contributed by atoms with van der Waals surface area (Å²) in [6, 6.07) is 0. The number of carbonyl (C=O) groups excluding carboxylic acids is 2. The summed E-state index contributed by atoms with van der Waals surface area (Å²) in [7, 11) is 0. The average Bonchev–Trinajstić information content (AvgIpc) is 2.37. The molecular weight excluding hydrogens is 160 g/mol. The van der Waals surface area contributed by atoms with Crippen LogP contribution in [0, 0.1) is 0 Å². The second-order valence-electron chi connectivity index (χ2n) is 2.53. The molecule has 1 aliphatic rings. The highest BCUT2D eigenvalue weighted by Gasteiger charge is 2.22. The van der Waals surface area contributed by atoms with Crippen molar-refractivity contribution in [2.45, 2.75) is 32.8 Å². The predicted molar refractivity (Wildman–Crippen MR) is 42.6 cm³/mol. The minimum atomic E-state index is -0.847. The van der Waals surface area contributed by atoms with Gasteiger partial charge in [0, 0.05) is 12.8 Å². The molecule has 1 rings (SSSR count). The lowest BCUT2D eigenvalue weighted by Crippen LogP contribution is -2.11. The first kappa shape index (κ1) is 11.1. The SMILES string of the molecule is CCC(C)=O.O=C1OCCC1O. The molecule has 1 saturated heterocycles. The third kappa shape index (κ3) is 4.85. The number of ketones is 1. The van der Waals surface area contributed by atoms with E-state index < -0.39 is 12.1 Å². The molecule has 1 N–H and O–H groups in total. The third-order valence-corrected chi connectivity index (χ3v) is 1.41. The van der Waals surface area contributed by atoms with Gasteiger partial charge >= 0.3 is 5.97 Å². The Morgan fingerprint density at radius 2 is 2.25 bits per heavy atom. The van der Waals surface area contributed by atoms with Gasteiger partial charge in [-0.1, -0.05) is 6.92 Å². The Labute approximate surface area is 71.5 Å². The van der Waals surface area contributed by atoms with Crippen LogP contribution in [0.2, 0.25) is 0 Å². The second-order valence-corrected chi connectivity index (χ2v) is 2.53. The molecule has 4 nitrogen and oxygen atoms in total. The fourth-order valence-corrected chi connectivity index (χ4v) is 0.485. The van der Waals surface area contributed by atoms with Crippen molar-refractivity contribution in [1.82, 2.24) is 0 Å². The maximum absolute atomic E-state index is 10.1. The van der Waals surface area contributed by atoms with Gasteiger partial charge in [0.25, 0.3) is 0 Å². The smallest absolute Gasteiger partial charge is 0.335 e. The van der Waals surface area contributed by atoms with E-state index in [4.69, 9.17) is 5.11 Å². The Balaban J connectivity index is 0.000000217. The largest absolute Gasteiger partial charge is 0.464 e. The molecule has 0 aromatic heterocycles. The van der Waals surface area contributed by atoms with Crippen LogP contribution in [0.5, 0.6) is 0 Å². The topological polar surface area (TPSA) is 63.6 Å². The van der Waals surface area contributed by atoms with Crippen molar-refractivity contribution >= 4 is 11.8 Å². The standard InChI is InChI=1S/C4H6O3.C4H8O/c5-3-1-2-7-4(3)6;1-3-4(2)5/h3,5H,1-2H2;3H2,1-2H3. The molecule has 0 saturated carbocycles. The molecule has 1 unspecified atom stereocenters. The van der Waals surface area contributed by atoms with Crippen molar-refractivity contribution in [2.75, 3.05) is 6.61 Å². The van der Waals surface area contributed by atoms with Crippen LogP contribution in [0.4, 0.5) is 0 Å². The first-order valence-corrected chi connectivity index (χ1v) is 3.92. The van der Waals surface area contributed by atoms with Crippen molar-refractivity contribution in [1.29, 1.82) is 0 Å². The Kier molecular flexibility index (Phi) is 5.28. The summed E-state index contributed by atoms with van der Waals surface area (Å²) in [5.41, 5.74) is 0. The van der Waals surface area contributed by atoms with Gasteiger partial charge in [-0.15, -0.1) is 0 Å². The fourth-order valence-electron chi connectivity index (χ4n) is 0.485. The van der Waals surface area contributed by atoms with Gasteiger partial charge in [0.2, 0.25) is 0 Å². The van der Waals surface area contributed by atoms with Crippen LogP contribution in [-0.4, -0.2) is 29.6 Å². The molecule has 0 amide bonds. The molecule has 12 heavy (non-hydrogen) atoms. The lowest BCUT2D eigenvalue weighted by molar-refractivity contribution is -0.144. The molecule has 0 aromatic rings. The number of aliphatic hydroxyl groups excluding tert-OH is 1. The first-order valence-electron chi connectivity index (χ1n) is 3.92. The molecule has 0 aromatic carbocycles. The number of ether oxygens (including phenoxy) is 1. The maximum Gasteiger partial charge on any atom is 0.335 e. The van der Waals surface area contributed by atoms with E-state index in [1.165, 1.54) is 0 Å². The van der Waals surface area contributed by atoms with Crippen LogP contribution in [0.25, 0.3) is 0 Å². The zero-order valence-electron chi connectivity index (χ0n) is 7.37. The predicted octanol–water partition coefficient (Wildman–Crippen LogP) is 0.280. The highest BCUT2D eigenvalue weighted by Crippen LogP contribution is 2.03. The van der Waals surface area contributed by atoms with Gasteiger partial charge in [0.1, 0.15) is 5.78 Å².